The van der Waals surface area contributed by atoms with Crippen LogP contribution in [0.5, 0.6) is 0 Å². The van der Waals surface area contributed by atoms with Crippen molar-refractivity contribution in [3.8, 4) is 0 Å². The summed E-state index contributed by atoms with van der Waals surface area (Å²) >= 11 is 12.1. The minimum atomic E-state index is -3.98. The van der Waals surface area contributed by atoms with Crippen LogP contribution in [0.3, 0.4) is 0 Å². The number of sulfonamides is 1. The van der Waals surface area contributed by atoms with Gasteiger partial charge in [-0.3, -0.25) is 4.79 Å². The Hall–Kier alpha value is -1.64. The first kappa shape index (κ1) is 25.6. The molecule has 6 nitrogen and oxygen atoms in total. The van der Waals surface area contributed by atoms with Gasteiger partial charge in [-0.15, -0.1) is 0 Å². The second kappa shape index (κ2) is 10.8. The molecule has 0 radical (unpaired) electrons. The predicted octanol–water partition coefficient (Wildman–Crippen LogP) is 4.26. The van der Waals surface area contributed by atoms with Crippen molar-refractivity contribution in [2.75, 3.05) is 20.3 Å². The van der Waals surface area contributed by atoms with Crippen molar-refractivity contribution >= 4 is 39.1 Å². The average Bonchev–Trinajstić information content (AvgIpc) is 2.63. The fourth-order valence-corrected chi connectivity index (χ4v) is 5.66. The number of nitrogens with one attached hydrogen (secondary N) is 1. The molecule has 0 aromatic heterocycles. The molecule has 0 saturated carbocycles. The quantitative estimate of drug-likeness (QED) is 0.574. The zero-order chi connectivity index (χ0) is 23.3. The lowest BCUT2D eigenvalue weighted by molar-refractivity contribution is -0.122. The second-order valence-corrected chi connectivity index (χ2v) is 10.4. The van der Waals surface area contributed by atoms with E-state index in [0.717, 1.165) is 9.87 Å². The number of benzene rings is 2. The van der Waals surface area contributed by atoms with Crippen molar-refractivity contribution in [3.05, 3.63) is 62.6 Å². The molecule has 31 heavy (non-hydrogen) atoms. The molecule has 2 aromatic rings. The largest absolute Gasteiger partial charge is 0.383 e. The average molecular weight is 487 g/mol. The third-order valence-corrected chi connectivity index (χ3v) is 7.53. The van der Waals surface area contributed by atoms with Crippen molar-refractivity contribution < 1.29 is 17.9 Å². The first-order valence-electron chi connectivity index (χ1n) is 9.76. The molecule has 1 N–H and O–H groups in total. The van der Waals surface area contributed by atoms with Crippen LogP contribution < -0.4 is 5.32 Å². The van der Waals surface area contributed by atoms with E-state index < -0.39 is 15.9 Å². The number of methoxy groups -OCH3 is 1. The van der Waals surface area contributed by atoms with Crippen LogP contribution in [-0.4, -0.2) is 44.9 Å². The molecular formula is C22H28Cl2N2O4S. The van der Waals surface area contributed by atoms with E-state index >= 15 is 0 Å². The number of aryl methyl sites for hydroxylation is 3. The number of hydrogen-bond donors (Lipinski definition) is 1. The number of amides is 1. The maximum atomic E-state index is 13.7. The Morgan fingerprint density at radius 1 is 1.10 bits per heavy atom. The van der Waals surface area contributed by atoms with Gasteiger partial charge in [0, 0.05) is 19.7 Å². The van der Waals surface area contributed by atoms with Gasteiger partial charge < -0.3 is 10.1 Å². The monoisotopic (exact) mass is 486 g/mol. The van der Waals surface area contributed by atoms with Gasteiger partial charge in [-0.1, -0.05) is 47.0 Å². The number of ether oxygens (including phenoxy) is 1. The Morgan fingerprint density at radius 2 is 1.71 bits per heavy atom. The highest BCUT2D eigenvalue weighted by molar-refractivity contribution is 7.89. The zero-order valence-electron chi connectivity index (χ0n) is 18.3. The Kier molecular flexibility index (Phi) is 8.92. The highest BCUT2D eigenvalue weighted by Crippen LogP contribution is 2.28. The Morgan fingerprint density at radius 3 is 2.26 bits per heavy atom. The van der Waals surface area contributed by atoms with E-state index in [-0.39, 0.29) is 24.0 Å². The summed E-state index contributed by atoms with van der Waals surface area (Å²) in [7, 11) is -2.44. The Bertz CT molecular complexity index is 1030. The highest BCUT2D eigenvalue weighted by Gasteiger charge is 2.30. The van der Waals surface area contributed by atoms with E-state index in [1.54, 1.807) is 39.0 Å². The van der Waals surface area contributed by atoms with Crippen LogP contribution in [0.1, 0.15) is 29.2 Å². The minimum Gasteiger partial charge on any atom is -0.383 e. The van der Waals surface area contributed by atoms with Gasteiger partial charge in [-0.05, 0) is 56.5 Å². The summed E-state index contributed by atoms with van der Waals surface area (Å²) in [5.74, 6) is -0.421. The molecule has 0 unspecified atom stereocenters. The molecule has 1 atom stereocenters. The lowest BCUT2D eigenvalue weighted by Gasteiger charge is -2.25. The van der Waals surface area contributed by atoms with Crippen molar-refractivity contribution in [3.63, 3.8) is 0 Å². The number of hydrogen-bond acceptors (Lipinski definition) is 4. The number of carbonyl (C=O) groups excluding carboxylic acids is 1. The van der Waals surface area contributed by atoms with Gasteiger partial charge in [0.1, 0.15) is 0 Å². The van der Waals surface area contributed by atoms with Gasteiger partial charge in [0.15, 0.2) is 0 Å². The van der Waals surface area contributed by atoms with E-state index in [1.807, 2.05) is 19.1 Å². The van der Waals surface area contributed by atoms with E-state index in [4.69, 9.17) is 27.9 Å². The third-order valence-electron chi connectivity index (χ3n) is 4.69. The van der Waals surface area contributed by atoms with Crippen LogP contribution in [0.2, 0.25) is 10.0 Å². The van der Waals surface area contributed by atoms with Crippen molar-refractivity contribution in [2.45, 2.75) is 45.2 Å². The topological polar surface area (TPSA) is 75.7 Å². The predicted molar refractivity (Wildman–Crippen MR) is 124 cm³/mol. The number of nitrogens with zero attached hydrogens (tertiary/aromatic N) is 1. The second-order valence-electron chi connectivity index (χ2n) is 7.67. The molecule has 0 heterocycles. The van der Waals surface area contributed by atoms with E-state index in [0.29, 0.717) is 33.3 Å². The van der Waals surface area contributed by atoms with Gasteiger partial charge in [0.2, 0.25) is 15.9 Å². The van der Waals surface area contributed by atoms with Gasteiger partial charge in [-0.25, -0.2) is 8.42 Å². The van der Waals surface area contributed by atoms with Gasteiger partial charge >= 0.3 is 0 Å². The van der Waals surface area contributed by atoms with Gasteiger partial charge in [-0.2, -0.15) is 4.31 Å². The summed E-state index contributed by atoms with van der Waals surface area (Å²) in [4.78, 5) is 12.8. The smallest absolute Gasteiger partial charge is 0.244 e. The first-order chi connectivity index (χ1) is 14.4. The molecule has 0 bridgehead atoms. The van der Waals surface area contributed by atoms with Crippen LogP contribution in [0.25, 0.3) is 0 Å². The van der Waals surface area contributed by atoms with Crippen LogP contribution in [-0.2, 0) is 26.1 Å². The molecule has 0 saturated heterocycles. The minimum absolute atomic E-state index is 0.0297. The van der Waals surface area contributed by atoms with Crippen molar-refractivity contribution in [1.29, 1.82) is 0 Å². The fourth-order valence-electron chi connectivity index (χ4n) is 3.54. The molecule has 170 valence electrons. The maximum absolute atomic E-state index is 13.7. The van der Waals surface area contributed by atoms with E-state index in [1.165, 1.54) is 7.11 Å². The molecule has 0 spiro atoms. The number of rotatable bonds is 9. The van der Waals surface area contributed by atoms with Crippen LogP contribution in [0, 0.1) is 20.8 Å². The highest BCUT2D eigenvalue weighted by atomic mass is 35.5. The van der Waals surface area contributed by atoms with E-state index in [2.05, 4.69) is 5.32 Å². The SMILES string of the molecule is COC[C@@H](C)NC(=O)CN(Cc1ccc(Cl)c(Cl)c1)S(=O)(=O)c1c(C)cc(C)cc1C. The lowest BCUT2D eigenvalue weighted by atomic mass is 10.1. The van der Waals surface area contributed by atoms with Crippen LogP contribution in [0.4, 0.5) is 0 Å². The third kappa shape index (κ3) is 6.67. The standard InChI is InChI=1S/C22H28Cl2N2O4S/c1-14-8-15(2)22(16(3)9-14)31(28,29)26(12-21(27)25-17(4)13-30-5)11-18-6-7-19(23)20(24)10-18/h6-10,17H,11-13H2,1-5H3,(H,25,27)/t17-/m1/s1. The molecular weight excluding hydrogens is 459 g/mol. The zero-order valence-corrected chi connectivity index (χ0v) is 20.7. The first-order valence-corrected chi connectivity index (χ1v) is 12.0. The van der Waals surface area contributed by atoms with Crippen molar-refractivity contribution in [2.24, 2.45) is 0 Å². The van der Waals surface area contributed by atoms with E-state index in [9.17, 15) is 13.2 Å². The fraction of sp³-hybridized carbons (Fsp3) is 0.409. The molecule has 2 aromatic carbocycles. The molecule has 9 heteroatoms. The molecule has 1 amide bonds. The molecule has 0 aliphatic heterocycles. The summed E-state index contributed by atoms with van der Waals surface area (Å²) < 4.78 is 33.5. The normalized spacial score (nSPS) is 12.8. The lowest BCUT2D eigenvalue weighted by Crippen LogP contribution is -2.44. The molecule has 2 rings (SSSR count). The van der Waals surface area contributed by atoms with Crippen molar-refractivity contribution in [1.82, 2.24) is 9.62 Å². The Balaban J connectivity index is 2.45. The number of carbonyl (C=O) groups is 1. The summed E-state index contributed by atoms with van der Waals surface area (Å²) in [6.07, 6.45) is 0. The summed E-state index contributed by atoms with van der Waals surface area (Å²) in [6.45, 7) is 7.15. The summed E-state index contributed by atoms with van der Waals surface area (Å²) in [5, 5.41) is 3.45. The summed E-state index contributed by atoms with van der Waals surface area (Å²) in [5.41, 5.74) is 2.85. The van der Waals surface area contributed by atoms with Crippen LogP contribution in [0.15, 0.2) is 35.2 Å². The summed E-state index contributed by atoms with van der Waals surface area (Å²) in [6, 6.07) is 8.28. The molecule has 0 fully saturated rings. The number of halogens is 2. The maximum Gasteiger partial charge on any atom is 0.244 e. The molecule has 0 aliphatic rings. The Labute approximate surface area is 194 Å². The molecule has 0 aliphatic carbocycles. The van der Waals surface area contributed by atoms with Gasteiger partial charge in [0.25, 0.3) is 0 Å². The van der Waals surface area contributed by atoms with Crippen LogP contribution >= 0.6 is 23.2 Å². The van der Waals surface area contributed by atoms with Gasteiger partial charge in [0.05, 0.1) is 28.1 Å².